The van der Waals surface area contributed by atoms with Crippen LogP contribution in [0.4, 0.5) is 8.78 Å². The van der Waals surface area contributed by atoms with Crippen LogP contribution in [0.5, 0.6) is 0 Å². The normalized spacial score (nSPS) is 24.4. The summed E-state index contributed by atoms with van der Waals surface area (Å²) in [4.78, 5) is -0.450. The number of halogens is 2. The van der Waals surface area contributed by atoms with Gasteiger partial charge >= 0.3 is 0 Å². The van der Waals surface area contributed by atoms with Crippen LogP contribution in [0.2, 0.25) is 0 Å². The van der Waals surface area contributed by atoms with E-state index in [-0.39, 0.29) is 5.56 Å². The predicted molar refractivity (Wildman–Crippen MR) is 64.1 cm³/mol. The van der Waals surface area contributed by atoms with Crippen LogP contribution in [-0.2, 0) is 15.4 Å². The number of hydrogen-bond acceptors (Lipinski definition) is 3. The molecule has 1 N–H and O–H groups in total. The van der Waals surface area contributed by atoms with Crippen LogP contribution < -0.4 is 5.32 Å². The average molecular weight is 275 g/mol. The molecule has 18 heavy (non-hydrogen) atoms. The molecule has 6 heteroatoms. The fraction of sp³-hybridized carbons (Fsp3) is 0.500. The van der Waals surface area contributed by atoms with Gasteiger partial charge in [0.25, 0.3) is 0 Å². The van der Waals surface area contributed by atoms with Crippen molar-refractivity contribution in [2.24, 2.45) is 0 Å². The summed E-state index contributed by atoms with van der Waals surface area (Å²) < 4.78 is 51.0. The second kappa shape index (κ2) is 4.28. The molecule has 1 saturated heterocycles. The van der Waals surface area contributed by atoms with Gasteiger partial charge in [-0.25, -0.2) is 17.2 Å². The predicted octanol–water partition coefficient (Wildman–Crippen LogP) is 1.97. The van der Waals surface area contributed by atoms with Crippen molar-refractivity contribution in [3.63, 3.8) is 0 Å². The molecule has 100 valence electrons. The third-order valence-corrected chi connectivity index (χ3v) is 4.49. The standard InChI is InChI=1S/C12H15F2NO2S/c1-12(6-3-7-15-12)10-8(13)4-5-9(11(10)14)18(2,16)17/h4-5,15H,3,6-7H2,1-2H3. The van der Waals surface area contributed by atoms with Crippen LogP contribution in [-0.4, -0.2) is 21.2 Å². The molecule has 3 nitrogen and oxygen atoms in total. The van der Waals surface area contributed by atoms with E-state index in [9.17, 15) is 17.2 Å². The Balaban J connectivity index is 2.67. The van der Waals surface area contributed by atoms with Gasteiger partial charge in [-0.2, -0.15) is 0 Å². The average Bonchev–Trinajstić information content (AvgIpc) is 2.63. The highest BCUT2D eigenvalue weighted by molar-refractivity contribution is 7.90. The first-order valence-electron chi connectivity index (χ1n) is 5.69. The van der Waals surface area contributed by atoms with E-state index in [1.54, 1.807) is 6.92 Å². The summed E-state index contributed by atoms with van der Waals surface area (Å²) in [5, 5.41) is 3.03. The van der Waals surface area contributed by atoms with E-state index in [0.29, 0.717) is 13.0 Å². The first kappa shape index (κ1) is 13.4. The van der Waals surface area contributed by atoms with Crippen LogP contribution in [0.1, 0.15) is 25.3 Å². The van der Waals surface area contributed by atoms with E-state index in [0.717, 1.165) is 24.8 Å². The summed E-state index contributed by atoms with van der Waals surface area (Å²) in [6.45, 7) is 2.35. The highest BCUT2D eigenvalue weighted by Gasteiger charge is 2.37. The molecule has 2 rings (SSSR count). The quantitative estimate of drug-likeness (QED) is 0.839. The Kier molecular flexibility index (Phi) is 3.19. The van der Waals surface area contributed by atoms with Gasteiger partial charge in [-0.3, -0.25) is 0 Å². The van der Waals surface area contributed by atoms with E-state index in [1.807, 2.05) is 0 Å². The first-order chi connectivity index (χ1) is 8.26. The van der Waals surface area contributed by atoms with Gasteiger partial charge in [0.15, 0.2) is 9.84 Å². The minimum Gasteiger partial charge on any atom is -0.307 e. The SMILES string of the molecule is CC1(c2c(F)ccc(S(C)(=O)=O)c2F)CCCN1. The second-order valence-corrected chi connectivity index (χ2v) is 6.85. The van der Waals surface area contributed by atoms with Gasteiger partial charge in [0.2, 0.25) is 0 Å². The van der Waals surface area contributed by atoms with Crippen molar-refractivity contribution < 1.29 is 17.2 Å². The maximum absolute atomic E-state index is 14.3. The Morgan fingerprint density at radius 3 is 2.50 bits per heavy atom. The van der Waals surface area contributed by atoms with E-state index in [2.05, 4.69) is 5.32 Å². The molecule has 1 heterocycles. The molecule has 1 aromatic rings. The van der Waals surface area contributed by atoms with Crippen LogP contribution in [0.25, 0.3) is 0 Å². The van der Waals surface area contributed by atoms with Crippen LogP contribution in [0, 0.1) is 11.6 Å². The molecule has 1 fully saturated rings. The number of hydrogen-bond donors (Lipinski definition) is 1. The maximum atomic E-state index is 14.3. The van der Waals surface area contributed by atoms with Crippen molar-refractivity contribution in [2.75, 3.05) is 12.8 Å². The van der Waals surface area contributed by atoms with Gasteiger partial charge in [-0.15, -0.1) is 0 Å². The van der Waals surface area contributed by atoms with E-state index >= 15 is 0 Å². The molecule has 0 saturated carbocycles. The van der Waals surface area contributed by atoms with Crippen LogP contribution >= 0.6 is 0 Å². The highest BCUT2D eigenvalue weighted by Crippen LogP contribution is 2.35. The molecular weight excluding hydrogens is 260 g/mol. The Hall–Kier alpha value is -1.01. The van der Waals surface area contributed by atoms with Crippen molar-refractivity contribution in [1.29, 1.82) is 0 Å². The Morgan fingerprint density at radius 2 is 2.00 bits per heavy atom. The number of benzene rings is 1. The molecule has 1 aliphatic rings. The zero-order valence-corrected chi connectivity index (χ0v) is 11.1. The number of sulfone groups is 1. The molecule has 0 bridgehead atoms. The van der Waals surface area contributed by atoms with Gasteiger partial charge in [-0.1, -0.05) is 0 Å². The smallest absolute Gasteiger partial charge is 0.178 e. The lowest BCUT2D eigenvalue weighted by Crippen LogP contribution is -2.35. The third kappa shape index (κ3) is 2.14. The first-order valence-corrected chi connectivity index (χ1v) is 7.58. The molecule has 1 aliphatic heterocycles. The lowest BCUT2D eigenvalue weighted by Gasteiger charge is -2.26. The minimum absolute atomic E-state index is 0.178. The molecule has 0 aliphatic carbocycles. The summed E-state index contributed by atoms with van der Waals surface area (Å²) >= 11 is 0. The van der Waals surface area contributed by atoms with Crippen molar-refractivity contribution in [3.05, 3.63) is 29.3 Å². The molecule has 0 spiro atoms. The van der Waals surface area contributed by atoms with Crippen molar-refractivity contribution in [3.8, 4) is 0 Å². The van der Waals surface area contributed by atoms with E-state index < -0.39 is 31.9 Å². The van der Waals surface area contributed by atoms with Gasteiger partial charge in [0.05, 0.1) is 0 Å². The molecule has 1 aromatic carbocycles. The lowest BCUT2D eigenvalue weighted by atomic mass is 9.89. The van der Waals surface area contributed by atoms with Gasteiger partial charge in [0.1, 0.15) is 16.5 Å². The summed E-state index contributed by atoms with van der Waals surface area (Å²) in [5.74, 6) is -1.69. The van der Waals surface area contributed by atoms with Crippen molar-refractivity contribution in [1.82, 2.24) is 5.32 Å². The zero-order valence-electron chi connectivity index (χ0n) is 10.3. The highest BCUT2D eigenvalue weighted by atomic mass is 32.2. The fourth-order valence-electron chi connectivity index (χ4n) is 2.43. The molecule has 0 radical (unpaired) electrons. The summed E-state index contributed by atoms with van der Waals surface area (Å²) in [5.41, 5.74) is -1.02. The Labute approximate surface area is 105 Å². The maximum Gasteiger partial charge on any atom is 0.178 e. The lowest BCUT2D eigenvalue weighted by molar-refractivity contribution is 0.380. The molecule has 0 amide bonds. The third-order valence-electron chi connectivity index (χ3n) is 3.38. The van der Waals surface area contributed by atoms with Crippen LogP contribution in [0.3, 0.4) is 0 Å². The van der Waals surface area contributed by atoms with E-state index in [1.165, 1.54) is 0 Å². The Morgan fingerprint density at radius 1 is 1.33 bits per heavy atom. The van der Waals surface area contributed by atoms with Gasteiger partial charge in [-0.05, 0) is 38.4 Å². The number of rotatable bonds is 2. The topological polar surface area (TPSA) is 46.2 Å². The molecule has 1 unspecified atom stereocenters. The molecular formula is C12H15F2NO2S. The Bertz CT molecular complexity index is 578. The zero-order chi connectivity index (χ0) is 13.6. The van der Waals surface area contributed by atoms with Crippen molar-refractivity contribution in [2.45, 2.75) is 30.2 Å². The van der Waals surface area contributed by atoms with Gasteiger partial charge < -0.3 is 5.32 Å². The molecule has 1 atom stereocenters. The minimum atomic E-state index is -3.70. The summed E-state index contributed by atoms with van der Waals surface area (Å²) in [6.07, 6.45) is 2.30. The summed E-state index contributed by atoms with van der Waals surface area (Å²) in [6, 6.07) is 1.99. The van der Waals surface area contributed by atoms with Crippen LogP contribution in [0.15, 0.2) is 17.0 Å². The fourth-order valence-corrected chi connectivity index (χ4v) is 3.18. The largest absolute Gasteiger partial charge is 0.307 e. The second-order valence-electron chi connectivity index (χ2n) is 4.87. The summed E-state index contributed by atoms with van der Waals surface area (Å²) in [7, 11) is -3.70. The molecule has 0 aromatic heterocycles. The van der Waals surface area contributed by atoms with E-state index in [4.69, 9.17) is 0 Å². The van der Waals surface area contributed by atoms with Gasteiger partial charge in [0, 0.05) is 17.4 Å². The monoisotopic (exact) mass is 275 g/mol. The number of nitrogens with one attached hydrogen (secondary N) is 1. The van der Waals surface area contributed by atoms with Crippen molar-refractivity contribution >= 4 is 9.84 Å².